The number of anilines is 1. The average Bonchev–Trinajstić information content (AvgIpc) is 3.54. The van der Waals surface area contributed by atoms with Gasteiger partial charge < -0.3 is 19.5 Å². The molecule has 10 heteroatoms. The van der Waals surface area contributed by atoms with Gasteiger partial charge in [-0.15, -0.1) is 0 Å². The van der Waals surface area contributed by atoms with Crippen molar-refractivity contribution in [2.75, 3.05) is 37.6 Å². The third kappa shape index (κ3) is 5.14. The molecule has 2 aromatic rings. The number of hydrogen-bond acceptors (Lipinski definition) is 5. The number of piperidine rings is 1. The smallest absolute Gasteiger partial charge is 0.417 e. The fourth-order valence-corrected chi connectivity index (χ4v) is 5.27. The van der Waals surface area contributed by atoms with Crippen LogP contribution in [-0.4, -0.2) is 49.4 Å². The normalized spacial score (nSPS) is 21.1. The predicted molar refractivity (Wildman–Crippen MR) is 121 cm³/mol. The van der Waals surface area contributed by atoms with E-state index in [2.05, 4.69) is 5.32 Å². The molecule has 1 aromatic heterocycles. The second-order valence-electron chi connectivity index (χ2n) is 9.05. The number of nitrogens with one attached hydrogen (secondary N) is 1. The maximum atomic E-state index is 13.4. The van der Waals surface area contributed by atoms with Crippen LogP contribution in [0.1, 0.15) is 41.3 Å². The number of furan rings is 1. The van der Waals surface area contributed by atoms with E-state index in [-0.39, 0.29) is 29.6 Å². The van der Waals surface area contributed by atoms with Crippen LogP contribution in [0, 0.1) is 29.1 Å². The zero-order valence-electron chi connectivity index (χ0n) is 19.3. The lowest BCUT2D eigenvalue weighted by atomic mass is 9.78. The number of hydrogen-bond donors (Lipinski definition) is 1. The van der Waals surface area contributed by atoms with Gasteiger partial charge in [-0.2, -0.15) is 18.4 Å². The largest absolute Gasteiger partial charge is 0.472 e. The molecule has 0 radical (unpaired) electrons. The van der Waals surface area contributed by atoms with Gasteiger partial charge in [0.2, 0.25) is 5.91 Å². The minimum Gasteiger partial charge on any atom is -0.472 e. The lowest BCUT2D eigenvalue weighted by Gasteiger charge is -2.37. The highest BCUT2D eigenvalue weighted by Gasteiger charge is 2.44. The lowest BCUT2D eigenvalue weighted by molar-refractivity contribution is -0.137. The Bertz CT molecular complexity index is 1100. The number of alkyl halides is 3. The zero-order chi connectivity index (χ0) is 25.2. The molecule has 0 bridgehead atoms. The molecule has 186 valence electrons. The molecule has 0 spiro atoms. The van der Waals surface area contributed by atoms with E-state index in [0.717, 1.165) is 6.07 Å². The van der Waals surface area contributed by atoms with Crippen molar-refractivity contribution in [1.29, 1.82) is 5.26 Å². The van der Waals surface area contributed by atoms with Crippen molar-refractivity contribution in [2.45, 2.75) is 25.9 Å². The van der Waals surface area contributed by atoms with Gasteiger partial charge in [0.05, 0.1) is 34.9 Å². The summed E-state index contributed by atoms with van der Waals surface area (Å²) in [6.07, 6.45) is -0.396. The van der Waals surface area contributed by atoms with Crippen LogP contribution >= 0.6 is 0 Å². The molecule has 2 aliphatic heterocycles. The van der Waals surface area contributed by atoms with Gasteiger partial charge in [-0.05, 0) is 55.9 Å². The summed E-state index contributed by atoms with van der Waals surface area (Å²) in [5.74, 6) is -0.476. The van der Waals surface area contributed by atoms with Crippen LogP contribution in [0.5, 0.6) is 0 Å². The van der Waals surface area contributed by atoms with Crippen LogP contribution in [0.3, 0.4) is 0 Å². The Morgan fingerprint density at radius 3 is 2.54 bits per heavy atom. The average molecular weight is 489 g/mol. The number of carbonyl (C=O) groups excluding carboxylic acids is 2. The molecule has 3 heterocycles. The molecule has 2 fully saturated rings. The van der Waals surface area contributed by atoms with Crippen LogP contribution in [0.4, 0.5) is 18.9 Å². The molecule has 1 aromatic carbocycles. The molecular formula is C25H27F3N4O3. The molecule has 2 saturated heterocycles. The number of benzene rings is 1. The van der Waals surface area contributed by atoms with Gasteiger partial charge in [-0.3, -0.25) is 9.59 Å². The second kappa shape index (κ2) is 10.0. The summed E-state index contributed by atoms with van der Waals surface area (Å²) < 4.78 is 45.2. The Labute approximate surface area is 201 Å². The number of carbonyl (C=O) groups is 2. The van der Waals surface area contributed by atoms with E-state index in [9.17, 15) is 22.8 Å². The number of nitrogens with zero attached hydrogens (tertiary/aromatic N) is 3. The summed E-state index contributed by atoms with van der Waals surface area (Å²) in [6.45, 7) is 4.18. The van der Waals surface area contributed by atoms with Gasteiger partial charge in [0.25, 0.3) is 5.91 Å². The van der Waals surface area contributed by atoms with Crippen LogP contribution in [0.15, 0.2) is 41.2 Å². The van der Waals surface area contributed by atoms with Gasteiger partial charge in [0, 0.05) is 38.4 Å². The van der Waals surface area contributed by atoms with Crippen LogP contribution in [-0.2, 0) is 11.0 Å². The Balaban J connectivity index is 1.47. The van der Waals surface area contributed by atoms with Crippen molar-refractivity contribution in [1.82, 2.24) is 10.2 Å². The first-order valence-corrected chi connectivity index (χ1v) is 11.7. The molecule has 4 rings (SSSR count). The predicted octanol–water partition coefficient (Wildman–Crippen LogP) is 3.91. The molecule has 0 unspecified atom stereocenters. The first-order valence-electron chi connectivity index (χ1n) is 11.7. The highest BCUT2D eigenvalue weighted by Crippen LogP contribution is 2.39. The van der Waals surface area contributed by atoms with Gasteiger partial charge in [0.1, 0.15) is 6.26 Å². The molecule has 2 aliphatic rings. The highest BCUT2D eigenvalue weighted by atomic mass is 19.4. The van der Waals surface area contributed by atoms with E-state index in [1.165, 1.54) is 18.6 Å². The highest BCUT2D eigenvalue weighted by molar-refractivity contribution is 5.94. The van der Waals surface area contributed by atoms with E-state index in [4.69, 9.17) is 9.68 Å². The first-order chi connectivity index (χ1) is 16.7. The van der Waals surface area contributed by atoms with Crippen LogP contribution < -0.4 is 10.2 Å². The number of halogens is 3. The Morgan fingerprint density at radius 2 is 1.94 bits per heavy atom. The number of amides is 2. The minimum atomic E-state index is -4.60. The summed E-state index contributed by atoms with van der Waals surface area (Å²) in [6, 6.07) is 7.01. The lowest BCUT2D eigenvalue weighted by Crippen LogP contribution is -2.41. The molecule has 0 saturated carbocycles. The van der Waals surface area contributed by atoms with E-state index < -0.39 is 17.3 Å². The van der Waals surface area contributed by atoms with Crippen molar-refractivity contribution >= 4 is 17.5 Å². The fourth-order valence-electron chi connectivity index (χ4n) is 5.27. The summed E-state index contributed by atoms with van der Waals surface area (Å²) in [4.78, 5) is 29.3. The summed E-state index contributed by atoms with van der Waals surface area (Å²) in [5.41, 5.74) is -0.455. The van der Waals surface area contributed by atoms with Crippen molar-refractivity contribution in [3.05, 3.63) is 53.5 Å². The van der Waals surface area contributed by atoms with Crippen molar-refractivity contribution in [3.63, 3.8) is 0 Å². The Hall–Kier alpha value is -3.48. The fraction of sp³-hybridized carbons (Fsp3) is 0.480. The SMILES string of the molecule is CCNC(=O)[C@@H]1CN(C(=O)c2ccoc2)C[C@H]1C1CCN(c2ccc(C#N)c(C(F)(F)F)c2)CC1. The molecule has 0 aliphatic carbocycles. The van der Waals surface area contributed by atoms with Crippen molar-refractivity contribution in [3.8, 4) is 6.07 Å². The third-order valence-corrected chi connectivity index (χ3v) is 7.05. The summed E-state index contributed by atoms with van der Waals surface area (Å²) in [7, 11) is 0. The number of likely N-dealkylation sites (tertiary alicyclic amines) is 1. The zero-order valence-corrected chi connectivity index (χ0v) is 19.3. The summed E-state index contributed by atoms with van der Waals surface area (Å²) >= 11 is 0. The number of nitriles is 1. The Morgan fingerprint density at radius 1 is 1.20 bits per heavy atom. The third-order valence-electron chi connectivity index (χ3n) is 7.05. The molecule has 2 amide bonds. The standard InChI is InChI=1S/C25H27F3N4O3/c1-2-30-23(33)21-14-32(24(34)18-7-10-35-15-18)13-20(21)16-5-8-31(9-6-16)19-4-3-17(12-29)22(11-19)25(26,27)28/h3-4,7,10-11,15-16,20-21H,2,5-6,8-9,13-14H2,1H3,(H,30,33)/t20-,21+/m0/s1. The second-order valence-corrected chi connectivity index (χ2v) is 9.05. The van der Waals surface area contributed by atoms with Gasteiger partial charge in [-0.25, -0.2) is 0 Å². The van der Waals surface area contributed by atoms with E-state index in [1.807, 2.05) is 11.8 Å². The van der Waals surface area contributed by atoms with Crippen molar-refractivity contribution in [2.24, 2.45) is 17.8 Å². The van der Waals surface area contributed by atoms with Crippen LogP contribution in [0.25, 0.3) is 0 Å². The minimum absolute atomic E-state index is 0.0359. The van der Waals surface area contributed by atoms with E-state index in [1.54, 1.807) is 23.1 Å². The van der Waals surface area contributed by atoms with Gasteiger partial charge >= 0.3 is 6.18 Å². The summed E-state index contributed by atoms with van der Waals surface area (Å²) in [5, 5.41) is 11.9. The quantitative estimate of drug-likeness (QED) is 0.689. The Kier molecular flexibility index (Phi) is 7.05. The van der Waals surface area contributed by atoms with Gasteiger partial charge in [0.15, 0.2) is 0 Å². The molecule has 7 nitrogen and oxygen atoms in total. The van der Waals surface area contributed by atoms with E-state index in [0.29, 0.717) is 56.8 Å². The molecule has 35 heavy (non-hydrogen) atoms. The van der Waals surface area contributed by atoms with E-state index >= 15 is 0 Å². The molecular weight excluding hydrogens is 461 g/mol. The first kappa shape index (κ1) is 24.6. The topological polar surface area (TPSA) is 89.6 Å². The molecule has 1 N–H and O–H groups in total. The monoisotopic (exact) mass is 488 g/mol. The maximum Gasteiger partial charge on any atom is 0.417 e. The number of rotatable bonds is 5. The maximum absolute atomic E-state index is 13.4. The van der Waals surface area contributed by atoms with Gasteiger partial charge in [-0.1, -0.05) is 0 Å². The van der Waals surface area contributed by atoms with Crippen LogP contribution in [0.2, 0.25) is 0 Å². The van der Waals surface area contributed by atoms with Crippen molar-refractivity contribution < 1.29 is 27.2 Å². The molecule has 2 atom stereocenters.